The molecule has 0 aromatic heterocycles. The average molecular weight is 308 g/mol. The van der Waals surface area contributed by atoms with E-state index in [0.717, 1.165) is 0 Å². The first-order valence-corrected chi connectivity index (χ1v) is 7.28. The van der Waals surface area contributed by atoms with Crippen LogP contribution in [0.25, 0.3) is 0 Å². The Hall–Kier alpha value is -2.15. The number of nitrogens with one attached hydrogen (secondary N) is 1. The number of thioether (sulfide) groups is 1. The highest BCUT2D eigenvalue weighted by Crippen LogP contribution is 2.28. The van der Waals surface area contributed by atoms with Gasteiger partial charge in [-0.15, -0.1) is 11.8 Å². The van der Waals surface area contributed by atoms with E-state index in [1.54, 1.807) is 36.9 Å². The van der Waals surface area contributed by atoms with Crippen molar-refractivity contribution in [3.05, 3.63) is 29.8 Å². The molecule has 1 N–H and O–H groups in total. The van der Waals surface area contributed by atoms with Crippen molar-refractivity contribution in [3.63, 3.8) is 0 Å². The molecule has 1 aromatic rings. The maximum Gasteiger partial charge on any atom is 0.244 e. The summed E-state index contributed by atoms with van der Waals surface area (Å²) in [6, 6.07) is 5.11. The van der Waals surface area contributed by atoms with Crippen LogP contribution in [0.4, 0.5) is 5.69 Å². The summed E-state index contributed by atoms with van der Waals surface area (Å²) in [6.07, 6.45) is 1.61. The monoisotopic (exact) mass is 308 g/mol. The summed E-state index contributed by atoms with van der Waals surface area (Å²) in [7, 11) is 3.06. The maximum atomic E-state index is 12.1. The Kier molecular flexibility index (Phi) is 5.10. The summed E-state index contributed by atoms with van der Waals surface area (Å²) >= 11 is 1.41. The Bertz CT molecular complexity index is 574. The van der Waals surface area contributed by atoms with Gasteiger partial charge in [-0.2, -0.15) is 0 Å². The number of carbonyl (C=O) groups excluding carboxylic acids is 2. The second-order valence-corrected chi connectivity index (χ2v) is 5.13. The lowest BCUT2D eigenvalue weighted by Crippen LogP contribution is -2.36. The highest BCUT2D eigenvalue weighted by molar-refractivity contribution is 8.02. The first-order valence-electron chi connectivity index (χ1n) is 6.23. The Morgan fingerprint density at radius 3 is 2.86 bits per heavy atom. The summed E-state index contributed by atoms with van der Waals surface area (Å²) in [5, 5.41) is 4.52. The molecule has 1 heterocycles. The molecule has 0 bridgehead atoms. The van der Waals surface area contributed by atoms with Crippen molar-refractivity contribution in [2.75, 3.05) is 31.8 Å². The zero-order chi connectivity index (χ0) is 15.2. The second-order valence-electron chi connectivity index (χ2n) is 4.23. The Morgan fingerprint density at radius 2 is 2.19 bits per heavy atom. The lowest BCUT2D eigenvalue weighted by molar-refractivity contribution is -0.129. The molecule has 2 amide bonds. The number of anilines is 1. The van der Waals surface area contributed by atoms with Crippen LogP contribution in [0, 0.1) is 0 Å². The van der Waals surface area contributed by atoms with Crippen LogP contribution >= 0.6 is 11.8 Å². The highest BCUT2D eigenvalue weighted by atomic mass is 32.2. The molecule has 1 aliphatic heterocycles. The van der Waals surface area contributed by atoms with Crippen molar-refractivity contribution in [3.8, 4) is 11.5 Å². The lowest BCUT2D eigenvalue weighted by Gasteiger charge is -2.20. The van der Waals surface area contributed by atoms with Gasteiger partial charge in [-0.25, -0.2) is 0 Å². The normalized spacial score (nSPS) is 14.0. The third-order valence-electron chi connectivity index (χ3n) is 2.86. The average Bonchev–Trinajstić information content (AvgIpc) is 2.49. The van der Waals surface area contributed by atoms with Crippen LogP contribution in [0.3, 0.4) is 0 Å². The van der Waals surface area contributed by atoms with Crippen molar-refractivity contribution >= 4 is 29.3 Å². The van der Waals surface area contributed by atoms with Crippen LogP contribution in [0.1, 0.15) is 0 Å². The minimum Gasteiger partial charge on any atom is -0.497 e. The summed E-state index contributed by atoms with van der Waals surface area (Å²) in [4.78, 5) is 25.1. The van der Waals surface area contributed by atoms with Crippen LogP contribution in [-0.4, -0.2) is 43.2 Å². The van der Waals surface area contributed by atoms with Crippen molar-refractivity contribution in [1.29, 1.82) is 0 Å². The molecule has 1 aromatic carbocycles. The van der Waals surface area contributed by atoms with E-state index in [2.05, 4.69) is 5.32 Å². The highest BCUT2D eigenvalue weighted by Gasteiger charge is 2.18. The predicted octanol–water partition coefficient (Wildman–Crippen LogP) is 1.69. The van der Waals surface area contributed by atoms with E-state index in [4.69, 9.17) is 9.47 Å². The largest absolute Gasteiger partial charge is 0.497 e. The van der Waals surface area contributed by atoms with Crippen molar-refractivity contribution in [2.45, 2.75) is 0 Å². The minimum atomic E-state index is -0.300. The van der Waals surface area contributed by atoms with Crippen molar-refractivity contribution < 1.29 is 19.1 Å². The third kappa shape index (κ3) is 3.91. The van der Waals surface area contributed by atoms with E-state index >= 15 is 0 Å². The van der Waals surface area contributed by atoms with Crippen molar-refractivity contribution in [2.24, 2.45) is 0 Å². The molecular formula is C14H16N2O4S. The molecule has 7 heteroatoms. The SMILES string of the molecule is COc1ccc(OC)c(NC(=O)CN2C=CSCC2=O)c1. The molecule has 0 fully saturated rings. The fraction of sp³-hybridized carbons (Fsp3) is 0.286. The number of hydrogen-bond donors (Lipinski definition) is 1. The van der Waals surface area contributed by atoms with Gasteiger partial charge in [0, 0.05) is 12.3 Å². The quantitative estimate of drug-likeness (QED) is 0.896. The fourth-order valence-corrected chi connectivity index (χ4v) is 2.44. The van der Waals surface area contributed by atoms with Gasteiger partial charge >= 0.3 is 0 Å². The topological polar surface area (TPSA) is 67.9 Å². The summed E-state index contributed by atoms with van der Waals surface area (Å²) in [5.74, 6) is 1.10. The summed E-state index contributed by atoms with van der Waals surface area (Å²) in [5.41, 5.74) is 0.504. The molecule has 2 rings (SSSR count). The molecule has 0 spiro atoms. The molecule has 0 aliphatic carbocycles. The number of rotatable bonds is 5. The number of hydrogen-bond acceptors (Lipinski definition) is 5. The molecule has 21 heavy (non-hydrogen) atoms. The molecule has 112 valence electrons. The first-order chi connectivity index (χ1) is 10.1. The first kappa shape index (κ1) is 15.2. The number of methoxy groups -OCH3 is 2. The summed E-state index contributed by atoms with van der Waals surface area (Å²) < 4.78 is 10.3. The van der Waals surface area contributed by atoms with E-state index in [1.165, 1.54) is 23.8 Å². The van der Waals surface area contributed by atoms with Crippen molar-refractivity contribution in [1.82, 2.24) is 4.90 Å². The van der Waals surface area contributed by atoms with E-state index in [0.29, 0.717) is 22.9 Å². The third-order valence-corrected chi connectivity index (χ3v) is 3.59. The Balaban J connectivity index is 2.06. The molecule has 0 unspecified atom stereocenters. The van der Waals surface area contributed by atoms with Crippen LogP contribution in [0.5, 0.6) is 11.5 Å². The van der Waals surface area contributed by atoms with Gasteiger partial charge in [-0.05, 0) is 17.5 Å². The standard InChI is InChI=1S/C14H16N2O4S/c1-19-10-3-4-12(20-2)11(7-10)15-13(17)8-16-5-6-21-9-14(16)18/h3-7H,8-9H2,1-2H3,(H,15,17). The predicted molar refractivity (Wildman–Crippen MR) is 81.5 cm³/mol. The smallest absolute Gasteiger partial charge is 0.244 e. The molecule has 0 radical (unpaired) electrons. The van der Waals surface area contributed by atoms with Gasteiger partial charge in [0.2, 0.25) is 11.8 Å². The summed E-state index contributed by atoms with van der Waals surface area (Å²) in [6.45, 7) is -0.0315. The van der Waals surface area contributed by atoms with Gasteiger partial charge in [-0.3, -0.25) is 9.59 Å². The van der Waals surface area contributed by atoms with E-state index in [-0.39, 0.29) is 18.4 Å². The number of amides is 2. The number of carbonyl (C=O) groups is 2. The van der Waals surface area contributed by atoms with E-state index in [1.807, 2.05) is 0 Å². The maximum absolute atomic E-state index is 12.1. The molecule has 0 saturated carbocycles. The Morgan fingerprint density at radius 1 is 1.38 bits per heavy atom. The van der Waals surface area contributed by atoms with Crippen LogP contribution < -0.4 is 14.8 Å². The lowest BCUT2D eigenvalue weighted by atomic mass is 10.2. The number of ether oxygens (including phenoxy) is 2. The van der Waals surface area contributed by atoms with Gasteiger partial charge in [0.25, 0.3) is 0 Å². The molecule has 6 nitrogen and oxygen atoms in total. The van der Waals surface area contributed by atoms with Crippen LogP contribution in [0.2, 0.25) is 0 Å². The van der Waals surface area contributed by atoms with Gasteiger partial charge in [-0.1, -0.05) is 0 Å². The van der Waals surface area contributed by atoms with E-state index < -0.39 is 0 Å². The number of nitrogens with zero attached hydrogens (tertiary/aromatic N) is 1. The zero-order valence-corrected chi connectivity index (χ0v) is 12.6. The van der Waals surface area contributed by atoms with Crippen LogP contribution in [0.15, 0.2) is 29.8 Å². The van der Waals surface area contributed by atoms with E-state index in [9.17, 15) is 9.59 Å². The molecule has 0 saturated heterocycles. The Labute approximate surface area is 127 Å². The van der Waals surface area contributed by atoms with Gasteiger partial charge < -0.3 is 19.7 Å². The molecule has 1 aliphatic rings. The molecular weight excluding hydrogens is 292 g/mol. The fourth-order valence-electron chi connectivity index (χ4n) is 1.80. The van der Waals surface area contributed by atoms with Gasteiger partial charge in [0.15, 0.2) is 0 Å². The minimum absolute atomic E-state index is 0.0315. The van der Waals surface area contributed by atoms with Gasteiger partial charge in [0.05, 0.1) is 25.7 Å². The number of benzene rings is 1. The molecule has 0 atom stereocenters. The second kappa shape index (κ2) is 7.03. The van der Waals surface area contributed by atoms with Crippen LogP contribution in [-0.2, 0) is 9.59 Å². The zero-order valence-electron chi connectivity index (χ0n) is 11.8. The van der Waals surface area contributed by atoms with Gasteiger partial charge in [0.1, 0.15) is 18.0 Å².